The number of carbonyl (C=O) groups excluding carboxylic acids is 1. The van der Waals surface area contributed by atoms with Crippen LogP contribution in [-0.4, -0.2) is 37.2 Å². The summed E-state index contributed by atoms with van der Waals surface area (Å²) in [5.74, 6) is -1.11. The minimum atomic E-state index is -1.01. The van der Waals surface area contributed by atoms with E-state index in [1.165, 1.54) is 19.1 Å². The zero-order valence-corrected chi connectivity index (χ0v) is 18.9. The highest BCUT2D eigenvalue weighted by atomic mass is 19.1. The molecule has 0 aliphatic heterocycles. The molecule has 0 radical (unpaired) electrons. The molecule has 9 nitrogen and oxygen atoms in total. The first-order valence-electron chi connectivity index (χ1n) is 10.4. The van der Waals surface area contributed by atoms with Gasteiger partial charge >= 0.3 is 5.97 Å². The summed E-state index contributed by atoms with van der Waals surface area (Å²) in [7, 11) is 0. The van der Waals surface area contributed by atoms with Crippen molar-refractivity contribution in [2.45, 2.75) is 51.7 Å². The smallest absolute Gasteiger partial charge is 0.305 e. The highest BCUT2D eigenvalue weighted by molar-refractivity contribution is 5.88. The average molecular weight is 455 g/mol. The van der Waals surface area contributed by atoms with Crippen molar-refractivity contribution in [1.82, 2.24) is 25.5 Å². The maximum Gasteiger partial charge on any atom is 0.305 e. The van der Waals surface area contributed by atoms with Crippen molar-refractivity contribution in [3.63, 3.8) is 0 Å². The molecule has 1 amide bonds. The summed E-state index contributed by atoms with van der Waals surface area (Å²) in [6.07, 6.45) is -0.233. The first kappa shape index (κ1) is 24.0. The molecule has 33 heavy (non-hydrogen) atoms. The molecule has 1 heterocycles. The van der Waals surface area contributed by atoms with Crippen molar-refractivity contribution < 1.29 is 19.1 Å². The molecule has 0 aliphatic rings. The van der Waals surface area contributed by atoms with Crippen LogP contribution in [0, 0.1) is 5.82 Å². The monoisotopic (exact) mass is 454 g/mol. The minimum absolute atomic E-state index is 0.188. The Hall–Kier alpha value is -3.66. The summed E-state index contributed by atoms with van der Waals surface area (Å²) in [5.41, 5.74) is 1.57. The summed E-state index contributed by atoms with van der Waals surface area (Å²) in [4.78, 5) is 23.0. The molecular weight excluding hydrogens is 427 g/mol. The Labute approximate surface area is 191 Å². The van der Waals surface area contributed by atoms with Crippen molar-refractivity contribution in [1.29, 1.82) is 0 Å². The summed E-state index contributed by atoms with van der Waals surface area (Å²) < 4.78 is 15.2. The van der Waals surface area contributed by atoms with Crippen LogP contribution >= 0.6 is 0 Å². The summed E-state index contributed by atoms with van der Waals surface area (Å²) in [6.45, 7) is 7.30. The molecular formula is C23H27FN6O3. The van der Waals surface area contributed by atoms with E-state index in [4.69, 9.17) is 0 Å². The van der Waals surface area contributed by atoms with E-state index in [2.05, 4.69) is 26.2 Å². The molecule has 0 saturated carbocycles. The zero-order chi connectivity index (χ0) is 24.2. The minimum Gasteiger partial charge on any atom is -0.481 e. The topological polar surface area (TPSA) is 122 Å². The Kier molecular flexibility index (Phi) is 7.17. The number of carboxylic acid groups (broad SMARTS) is 1. The molecule has 0 spiro atoms. The SMILES string of the molecule is CC(=O)Nc1ccc(C(NC(CC(=O)O)c2ccc(F)cc2)c2nnnn2C(C)(C)C)cc1. The molecule has 2 atom stereocenters. The number of rotatable bonds is 8. The van der Waals surface area contributed by atoms with E-state index in [1.807, 2.05) is 32.9 Å². The van der Waals surface area contributed by atoms with Gasteiger partial charge in [0.25, 0.3) is 0 Å². The van der Waals surface area contributed by atoms with Crippen LogP contribution in [0.2, 0.25) is 0 Å². The van der Waals surface area contributed by atoms with E-state index in [9.17, 15) is 19.1 Å². The van der Waals surface area contributed by atoms with Gasteiger partial charge in [0.15, 0.2) is 5.82 Å². The van der Waals surface area contributed by atoms with Crippen molar-refractivity contribution >= 4 is 17.6 Å². The Morgan fingerprint density at radius 1 is 1.06 bits per heavy atom. The van der Waals surface area contributed by atoms with Crippen LogP contribution in [-0.2, 0) is 15.1 Å². The van der Waals surface area contributed by atoms with E-state index in [0.717, 1.165) is 5.56 Å². The number of aromatic nitrogens is 4. The van der Waals surface area contributed by atoms with Crippen molar-refractivity contribution in [3.8, 4) is 0 Å². The van der Waals surface area contributed by atoms with Gasteiger partial charge in [-0.3, -0.25) is 14.9 Å². The van der Waals surface area contributed by atoms with Gasteiger partial charge in [-0.2, -0.15) is 0 Å². The van der Waals surface area contributed by atoms with Gasteiger partial charge in [0.1, 0.15) is 5.82 Å². The Balaban J connectivity index is 2.05. The molecule has 0 bridgehead atoms. The van der Waals surface area contributed by atoms with Crippen LogP contribution < -0.4 is 10.6 Å². The zero-order valence-electron chi connectivity index (χ0n) is 18.9. The summed E-state index contributed by atoms with van der Waals surface area (Å²) in [5, 5.41) is 27.8. The lowest BCUT2D eigenvalue weighted by atomic mass is 9.98. The first-order chi connectivity index (χ1) is 15.5. The standard InChI is InChI=1S/C23H27FN6O3/c1-14(31)25-18-11-7-16(8-12-18)21(22-27-28-29-30(22)23(2,3)4)26-19(13-20(32)33)15-5-9-17(24)10-6-15/h5-12,19,21,26H,13H2,1-4H3,(H,25,31)(H,32,33). The molecule has 2 aromatic carbocycles. The summed E-state index contributed by atoms with van der Waals surface area (Å²) >= 11 is 0. The van der Waals surface area contributed by atoms with Crippen molar-refractivity contribution in [2.24, 2.45) is 0 Å². The maximum atomic E-state index is 13.5. The number of halogens is 1. The van der Waals surface area contributed by atoms with E-state index in [0.29, 0.717) is 17.1 Å². The Bertz CT molecular complexity index is 1110. The van der Waals surface area contributed by atoms with E-state index in [1.54, 1.807) is 28.9 Å². The number of benzene rings is 2. The third kappa shape index (κ3) is 6.19. The fourth-order valence-corrected chi connectivity index (χ4v) is 3.48. The quantitative estimate of drug-likeness (QED) is 0.477. The normalized spacial score (nSPS) is 13.4. The number of amides is 1. The molecule has 0 saturated heterocycles. The van der Waals surface area contributed by atoms with Crippen LogP contribution in [0.1, 0.15) is 63.2 Å². The number of anilines is 1. The number of tetrazole rings is 1. The number of nitrogens with one attached hydrogen (secondary N) is 2. The fourth-order valence-electron chi connectivity index (χ4n) is 3.48. The van der Waals surface area contributed by atoms with Gasteiger partial charge in [-0.15, -0.1) is 5.10 Å². The highest BCUT2D eigenvalue weighted by Crippen LogP contribution is 2.29. The van der Waals surface area contributed by atoms with Gasteiger partial charge < -0.3 is 10.4 Å². The highest BCUT2D eigenvalue weighted by Gasteiger charge is 2.30. The van der Waals surface area contributed by atoms with Crippen LogP contribution in [0.15, 0.2) is 48.5 Å². The van der Waals surface area contributed by atoms with Gasteiger partial charge in [-0.25, -0.2) is 9.07 Å². The lowest BCUT2D eigenvalue weighted by molar-refractivity contribution is -0.137. The van der Waals surface area contributed by atoms with Gasteiger partial charge in [0.2, 0.25) is 5.91 Å². The lowest BCUT2D eigenvalue weighted by Gasteiger charge is -2.28. The largest absolute Gasteiger partial charge is 0.481 e. The third-order valence-corrected chi connectivity index (χ3v) is 4.97. The molecule has 3 rings (SSSR count). The molecule has 0 fully saturated rings. The number of nitrogens with zero attached hydrogens (tertiary/aromatic N) is 4. The van der Waals surface area contributed by atoms with E-state index >= 15 is 0 Å². The van der Waals surface area contributed by atoms with Gasteiger partial charge in [-0.1, -0.05) is 24.3 Å². The Morgan fingerprint density at radius 3 is 2.21 bits per heavy atom. The first-order valence-corrected chi connectivity index (χ1v) is 10.4. The number of carboxylic acids is 1. The predicted molar refractivity (Wildman–Crippen MR) is 120 cm³/mol. The van der Waals surface area contributed by atoms with Crippen LogP contribution in [0.4, 0.5) is 10.1 Å². The van der Waals surface area contributed by atoms with Gasteiger partial charge in [-0.05, 0) is 66.6 Å². The number of carbonyl (C=O) groups is 2. The second kappa shape index (κ2) is 9.86. The third-order valence-electron chi connectivity index (χ3n) is 4.97. The second-order valence-corrected chi connectivity index (χ2v) is 8.72. The van der Waals surface area contributed by atoms with Crippen molar-refractivity contribution in [3.05, 3.63) is 71.3 Å². The van der Waals surface area contributed by atoms with Crippen LogP contribution in [0.5, 0.6) is 0 Å². The lowest BCUT2D eigenvalue weighted by Crippen LogP contribution is -2.34. The second-order valence-electron chi connectivity index (χ2n) is 8.72. The van der Waals surface area contributed by atoms with Crippen molar-refractivity contribution in [2.75, 3.05) is 5.32 Å². The number of hydrogen-bond acceptors (Lipinski definition) is 6. The molecule has 2 unspecified atom stereocenters. The number of aliphatic carboxylic acids is 1. The van der Waals surface area contributed by atoms with Gasteiger partial charge in [0.05, 0.1) is 18.0 Å². The number of hydrogen-bond donors (Lipinski definition) is 3. The van der Waals surface area contributed by atoms with Crippen LogP contribution in [0.25, 0.3) is 0 Å². The van der Waals surface area contributed by atoms with E-state index in [-0.39, 0.29) is 12.3 Å². The van der Waals surface area contributed by atoms with Crippen LogP contribution in [0.3, 0.4) is 0 Å². The predicted octanol–water partition coefficient (Wildman–Crippen LogP) is 3.42. The molecule has 174 valence electrons. The van der Waals surface area contributed by atoms with Gasteiger partial charge in [0, 0.05) is 18.7 Å². The average Bonchev–Trinajstić information content (AvgIpc) is 3.22. The molecule has 0 aliphatic carbocycles. The summed E-state index contributed by atoms with van der Waals surface area (Å²) in [6, 6.07) is 11.6. The molecule has 3 aromatic rings. The molecule has 10 heteroatoms. The Morgan fingerprint density at radius 2 is 1.67 bits per heavy atom. The van der Waals surface area contributed by atoms with E-state index < -0.39 is 29.4 Å². The maximum absolute atomic E-state index is 13.5. The molecule has 3 N–H and O–H groups in total. The fraction of sp³-hybridized carbons (Fsp3) is 0.348. The molecule has 1 aromatic heterocycles.